The third-order valence-electron chi connectivity index (χ3n) is 7.35. The standard InChI is InChI=1S/C16H29N10O4P.HI/c1-14(17)9(6-11-16(14,23-28)30-26(31,29-11)8-4-3-5-8)13-21-19-10-7-12(27)20-22-15(10,2)25(13)24-18;/h4,7,9,11,13,21-22,24H,3,5-6,17-18,23,31H2,1-2H3,(H-,19,20,27);1H. The van der Waals surface area contributed by atoms with Crippen LogP contribution < -0.4 is 68.3 Å². The van der Waals surface area contributed by atoms with Gasteiger partial charge in [-0.25, -0.2) is 10.9 Å². The lowest BCUT2D eigenvalue weighted by molar-refractivity contribution is -1.13. The van der Waals surface area contributed by atoms with E-state index in [4.69, 9.17) is 21.3 Å². The number of amides is 1. The molecule has 32 heavy (non-hydrogen) atoms. The van der Waals surface area contributed by atoms with Crippen molar-refractivity contribution in [1.82, 2.24) is 32.2 Å². The van der Waals surface area contributed by atoms with Crippen LogP contribution in [0.5, 0.6) is 0 Å². The fourth-order valence-electron chi connectivity index (χ4n) is 5.26. The summed E-state index contributed by atoms with van der Waals surface area (Å²) in [7, 11) is 2.55. The Hall–Kier alpha value is -0.530. The van der Waals surface area contributed by atoms with Gasteiger partial charge in [0.1, 0.15) is 11.2 Å². The largest absolute Gasteiger partial charge is 1.00 e. The molecule has 3 heterocycles. The first-order valence-corrected chi connectivity index (χ1v) is 10.7. The van der Waals surface area contributed by atoms with Gasteiger partial charge in [0.2, 0.25) is 6.10 Å². The summed E-state index contributed by atoms with van der Waals surface area (Å²) in [5.41, 5.74) is 20.3. The van der Waals surface area contributed by atoms with E-state index in [1.807, 2.05) is 13.0 Å². The molecule has 3 aliphatic heterocycles. The van der Waals surface area contributed by atoms with E-state index in [1.54, 1.807) is 11.9 Å². The van der Waals surface area contributed by atoms with Gasteiger partial charge in [0.05, 0.1) is 11.9 Å². The van der Waals surface area contributed by atoms with Crippen molar-refractivity contribution < 1.29 is 48.5 Å². The van der Waals surface area contributed by atoms with Crippen LogP contribution in [-0.4, -0.2) is 44.7 Å². The number of nitrogens with one attached hydrogen (secondary N) is 5. The number of quaternary nitrogens is 2. The average Bonchev–Trinajstić information content (AvgIpc) is 3.07. The van der Waals surface area contributed by atoms with E-state index >= 15 is 0 Å². The SMILES string of the molecule is CC12NNC(=O)C=C1NNC(C1CC3O[N+](P)(C4=CCC4)OC3([NH2+][O-])C1(C)N)N2NN.[I-]. The summed E-state index contributed by atoms with van der Waals surface area (Å²) in [4.78, 5) is 24.3. The minimum Gasteiger partial charge on any atom is -1.00 e. The molecule has 8 unspecified atom stereocenters. The minimum absolute atomic E-state index is 0. The number of fused-ring (bicyclic) bond motifs is 2. The Kier molecular flexibility index (Phi) is 6.16. The Morgan fingerprint density at radius 2 is 2.16 bits per heavy atom. The van der Waals surface area contributed by atoms with Crippen LogP contribution in [0.1, 0.15) is 33.1 Å². The highest BCUT2D eigenvalue weighted by atomic mass is 127. The number of hydrogen-bond acceptors (Lipinski definition) is 11. The van der Waals surface area contributed by atoms with Crippen molar-refractivity contribution in [3.8, 4) is 0 Å². The van der Waals surface area contributed by atoms with Gasteiger partial charge in [-0.2, -0.15) is 10.5 Å². The molecule has 3 fully saturated rings. The van der Waals surface area contributed by atoms with Crippen LogP contribution in [0.15, 0.2) is 23.5 Å². The van der Waals surface area contributed by atoms with Crippen molar-refractivity contribution in [2.45, 2.75) is 62.3 Å². The lowest BCUT2D eigenvalue weighted by atomic mass is 9.82. The van der Waals surface area contributed by atoms with Crippen LogP contribution in [0, 0.1) is 11.1 Å². The second-order valence-electron chi connectivity index (χ2n) is 9.01. The third-order valence-corrected chi connectivity index (χ3v) is 7.91. The van der Waals surface area contributed by atoms with Gasteiger partial charge in [-0.05, 0) is 32.8 Å². The summed E-state index contributed by atoms with van der Waals surface area (Å²) >= 11 is 0. The van der Waals surface area contributed by atoms with Crippen molar-refractivity contribution in [1.29, 1.82) is 0 Å². The number of nitrogens with zero attached hydrogens (tertiary/aromatic N) is 2. The Labute approximate surface area is 204 Å². The molecule has 1 saturated carbocycles. The first-order chi connectivity index (χ1) is 14.6. The Bertz CT molecular complexity index is 878. The highest BCUT2D eigenvalue weighted by molar-refractivity contribution is 7.08. The van der Waals surface area contributed by atoms with Gasteiger partial charge in [0.25, 0.3) is 5.91 Å². The maximum atomic E-state index is 12.5. The second-order valence-corrected chi connectivity index (χ2v) is 9.69. The number of nitrogens with two attached hydrogens (primary N) is 3. The van der Waals surface area contributed by atoms with Crippen LogP contribution >= 0.6 is 9.39 Å². The van der Waals surface area contributed by atoms with E-state index in [0.29, 0.717) is 12.1 Å². The molecule has 0 bridgehead atoms. The summed E-state index contributed by atoms with van der Waals surface area (Å²) < 4.78 is -0.268. The summed E-state index contributed by atoms with van der Waals surface area (Å²) in [5, 5.41) is 14.2. The normalized spacial score (nSPS) is 47.8. The highest BCUT2D eigenvalue weighted by Gasteiger charge is 2.78. The van der Waals surface area contributed by atoms with Gasteiger partial charge in [0.15, 0.2) is 15.1 Å². The number of rotatable bonds is 4. The molecule has 11 N–H and O–H groups in total. The van der Waals surface area contributed by atoms with Crippen molar-refractivity contribution in [2.75, 3.05) is 0 Å². The lowest BCUT2D eigenvalue weighted by Crippen LogP contribution is -3.01. The number of halogens is 1. The maximum Gasteiger partial charge on any atom is 0.305 e. The molecule has 2 saturated heterocycles. The second kappa shape index (κ2) is 8.01. The summed E-state index contributed by atoms with van der Waals surface area (Å²) in [6, 6.07) is 0. The molecule has 0 radical (unpaired) electrons. The average molecular weight is 584 g/mol. The maximum absolute atomic E-state index is 12.5. The van der Waals surface area contributed by atoms with Crippen LogP contribution in [0.25, 0.3) is 0 Å². The summed E-state index contributed by atoms with van der Waals surface area (Å²) in [5.74, 6) is 5.28. The third kappa shape index (κ3) is 3.12. The Morgan fingerprint density at radius 1 is 1.44 bits per heavy atom. The molecule has 14 nitrogen and oxygen atoms in total. The molecular weight excluding hydrogens is 554 g/mol. The molecule has 5 rings (SSSR count). The number of hydrogen-bond donors (Lipinski definition) is 8. The molecule has 180 valence electrons. The van der Waals surface area contributed by atoms with E-state index < -0.39 is 29.2 Å². The number of carbonyl (C=O) groups excluding carboxylic acids is 1. The number of hydrazine groups is 4. The lowest BCUT2D eigenvalue weighted by Gasteiger charge is -2.54. The first kappa shape index (κ1) is 24.6. The quantitative estimate of drug-likeness (QED) is 0.0679. The van der Waals surface area contributed by atoms with Gasteiger partial charge >= 0.3 is 5.72 Å². The number of carbonyl (C=O) groups is 1. The Balaban J connectivity index is 0.00000245. The van der Waals surface area contributed by atoms with Gasteiger partial charge in [0, 0.05) is 23.0 Å². The first-order valence-electron chi connectivity index (χ1n) is 10.2. The molecular formula is C16H30IN10O4P. The summed E-state index contributed by atoms with van der Waals surface area (Å²) in [6.07, 6.45) is 4.63. The molecule has 2 aliphatic carbocycles. The fourth-order valence-corrected chi connectivity index (χ4v) is 5.81. The molecule has 16 heteroatoms. The van der Waals surface area contributed by atoms with Crippen LogP contribution in [0.3, 0.4) is 0 Å². The van der Waals surface area contributed by atoms with E-state index in [9.17, 15) is 10.0 Å². The van der Waals surface area contributed by atoms with E-state index in [1.165, 1.54) is 6.08 Å². The zero-order chi connectivity index (χ0) is 22.2. The molecule has 8 atom stereocenters. The van der Waals surface area contributed by atoms with Gasteiger partial charge in [-0.15, -0.1) is 4.84 Å². The van der Waals surface area contributed by atoms with Crippen molar-refractivity contribution in [2.24, 2.45) is 17.5 Å². The van der Waals surface area contributed by atoms with Crippen LogP contribution in [-0.2, 0) is 14.5 Å². The zero-order valence-corrected chi connectivity index (χ0v) is 21.0. The molecule has 0 aromatic rings. The topological polar surface area (TPSA) is 191 Å². The van der Waals surface area contributed by atoms with Gasteiger partial charge < -0.3 is 45.8 Å². The van der Waals surface area contributed by atoms with E-state index in [2.05, 4.69) is 36.6 Å². The van der Waals surface area contributed by atoms with Crippen molar-refractivity contribution in [3.05, 3.63) is 28.8 Å². The fraction of sp³-hybridized carbons (Fsp3) is 0.688. The van der Waals surface area contributed by atoms with Crippen molar-refractivity contribution in [3.63, 3.8) is 0 Å². The smallest absolute Gasteiger partial charge is 0.305 e. The Morgan fingerprint density at radius 3 is 2.72 bits per heavy atom. The summed E-state index contributed by atoms with van der Waals surface area (Å²) in [6.45, 7) is 3.64. The predicted molar refractivity (Wildman–Crippen MR) is 109 cm³/mol. The van der Waals surface area contributed by atoms with Crippen molar-refractivity contribution >= 4 is 15.3 Å². The molecule has 0 aromatic heterocycles. The van der Waals surface area contributed by atoms with Crippen LogP contribution in [0.2, 0.25) is 0 Å². The monoisotopic (exact) mass is 584 g/mol. The zero-order valence-electron chi connectivity index (χ0n) is 17.7. The highest BCUT2D eigenvalue weighted by Crippen LogP contribution is 2.55. The predicted octanol–water partition coefficient (Wildman–Crippen LogP) is -6.64. The van der Waals surface area contributed by atoms with Gasteiger partial charge in [-0.3, -0.25) is 16.1 Å². The number of allylic oxidation sites excluding steroid dienone is 2. The minimum atomic E-state index is -1.36. The molecule has 5 aliphatic rings. The molecule has 0 spiro atoms. The molecule has 0 aromatic carbocycles. The van der Waals surface area contributed by atoms with Gasteiger partial charge in [-0.1, -0.05) is 4.84 Å². The molecule has 1 amide bonds. The van der Waals surface area contributed by atoms with E-state index in [-0.39, 0.29) is 40.4 Å². The van der Waals surface area contributed by atoms with Crippen LogP contribution in [0.4, 0.5) is 0 Å². The number of hydroxylamine groups is 3. The van der Waals surface area contributed by atoms with E-state index in [0.717, 1.165) is 24.0 Å².